The van der Waals surface area contributed by atoms with Crippen LogP contribution in [-0.4, -0.2) is 9.97 Å². The van der Waals surface area contributed by atoms with Gasteiger partial charge in [0.2, 0.25) is 0 Å². The van der Waals surface area contributed by atoms with E-state index in [4.69, 9.17) is 0 Å². The third kappa shape index (κ3) is 1.51. The molecule has 0 amide bonds. The Morgan fingerprint density at radius 2 is 2.00 bits per heavy atom. The number of hydrogen-bond acceptors (Lipinski definition) is 2. The monoisotopic (exact) mass is 180 g/mol. The van der Waals surface area contributed by atoms with Crippen molar-refractivity contribution < 1.29 is 0 Å². The van der Waals surface area contributed by atoms with Gasteiger partial charge in [0.15, 0.2) is 0 Å². The van der Waals surface area contributed by atoms with Gasteiger partial charge in [-0.15, -0.1) is 0 Å². The molecule has 0 radical (unpaired) electrons. The number of fused-ring (bicyclic) bond motifs is 1. The first kappa shape index (κ1) is 8.88. The molecule has 0 fully saturated rings. The molecule has 1 aromatic heterocycles. The minimum atomic E-state index is -0.302. The van der Waals surface area contributed by atoms with Crippen LogP contribution in [0.4, 0.5) is 0 Å². The Morgan fingerprint density at radius 1 is 1.25 bits per heavy atom. The van der Waals surface area contributed by atoms with Gasteiger partial charge in [-0.05, 0) is 6.07 Å². The van der Waals surface area contributed by atoms with Crippen LogP contribution in [0.15, 0.2) is 35.3 Å². The van der Waals surface area contributed by atoms with Crippen LogP contribution in [0, 0.1) is 0 Å². The van der Waals surface area contributed by atoms with Crippen molar-refractivity contribution in [2.24, 2.45) is 0 Å². The average Bonchev–Trinajstić information content (AvgIpc) is 2.04. The van der Waals surface area contributed by atoms with Gasteiger partial charge in [-0.1, -0.05) is 18.2 Å². The molecule has 1 atom stereocenters. The van der Waals surface area contributed by atoms with Crippen molar-refractivity contribution in [3.8, 4) is 0 Å². The lowest BCUT2D eigenvalue weighted by Crippen LogP contribution is -2.07. The van der Waals surface area contributed by atoms with E-state index in [1.54, 1.807) is 6.20 Å². The molecule has 0 aliphatic carbocycles. The molecular weight excluding hydrogens is 171 g/mol. The van der Waals surface area contributed by atoms with Crippen molar-refractivity contribution >= 4 is 20.8 Å². The molecule has 1 heterocycles. The summed E-state index contributed by atoms with van der Waals surface area (Å²) < 4.78 is 0. The smallest absolute Gasteiger partial charge is 0.305 e. The second-order valence-corrected chi connectivity index (χ2v) is 2.28. The number of hydrogen-bond donors (Lipinski definition) is 1. The fourth-order valence-corrected chi connectivity index (χ4v) is 0.999. The van der Waals surface area contributed by atoms with Crippen LogP contribution >= 0.6 is 9.90 Å². The van der Waals surface area contributed by atoms with Gasteiger partial charge >= 0.3 is 5.69 Å². The van der Waals surface area contributed by atoms with E-state index in [-0.39, 0.29) is 15.6 Å². The standard InChI is InChI=1S/C8H6N2O.H3P/c11-8-9-5-6-3-1-2-4-7(6)10-8;/h1-5H,(H,9,10,11);1H3. The molecule has 3 nitrogen and oxygen atoms in total. The Morgan fingerprint density at radius 3 is 2.83 bits per heavy atom. The molecule has 0 aliphatic heterocycles. The SMILES string of the molecule is O=c1ncc2ccccc2[nH]1.P. The van der Waals surface area contributed by atoms with Gasteiger partial charge in [0, 0.05) is 11.6 Å². The number of aromatic nitrogens is 2. The van der Waals surface area contributed by atoms with Crippen molar-refractivity contribution in [3.63, 3.8) is 0 Å². The van der Waals surface area contributed by atoms with Crippen LogP contribution in [0.25, 0.3) is 10.9 Å². The predicted molar refractivity (Wildman–Crippen MR) is 53.5 cm³/mol. The summed E-state index contributed by atoms with van der Waals surface area (Å²) in [5.74, 6) is 0. The summed E-state index contributed by atoms with van der Waals surface area (Å²) >= 11 is 0. The molecule has 0 bridgehead atoms. The molecule has 0 saturated heterocycles. The van der Waals surface area contributed by atoms with E-state index in [0.717, 1.165) is 10.9 Å². The number of benzene rings is 1. The first-order chi connectivity index (χ1) is 5.36. The Hall–Kier alpha value is -1.21. The van der Waals surface area contributed by atoms with Crippen LogP contribution in [-0.2, 0) is 0 Å². The molecule has 0 aliphatic rings. The minimum absolute atomic E-state index is 0. The summed E-state index contributed by atoms with van der Waals surface area (Å²) in [6.45, 7) is 0. The number of rotatable bonds is 0. The maximum absolute atomic E-state index is 10.7. The third-order valence-corrected chi connectivity index (χ3v) is 1.52. The van der Waals surface area contributed by atoms with Gasteiger partial charge in [-0.2, -0.15) is 9.90 Å². The molecule has 62 valence electrons. The van der Waals surface area contributed by atoms with Gasteiger partial charge in [-0.3, -0.25) is 0 Å². The summed E-state index contributed by atoms with van der Waals surface area (Å²) in [7, 11) is 0. The number of para-hydroxylation sites is 1. The van der Waals surface area contributed by atoms with E-state index in [2.05, 4.69) is 9.97 Å². The zero-order valence-corrected chi connectivity index (χ0v) is 7.86. The number of nitrogens with one attached hydrogen (secondary N) is 1. The molecule has 4 heteroatoms. The Kier molecular flexibility index (Phi) is 2.56. The highest BCUT2D eigenvalue weighted by atomic mass is 31.0. The molecule has 0 saturated carbocycles. The van der Waals surface area contributed by atoms with Crippen molar-refractivity contribution in [2.75, 3.05) is 0 Å². The summed E-state index contributed by atoms with van der Waals surface area (Å²) in [6, 6.07) is 7.53. The lowest BCUT2D eigenvalue weighted by molar-refractivity contribution is 1.12. The van der Waals surface area contributed by atoms with Crippen LogP contribution in [0.5, 0.6) is 0 Å². The average molecular weight is 180 g/mol. The van der Waals surface area contributed by atoms with E-state index < -0.39 is 0 Å². The zero-order valence-electron chi connectivity index (χ0n) is 6.45. The number of H-pyrrole nitrogens is 1. The molecule has 2 aromatic rings. The molecule has 1 unspecified atom stereocenters. The van der Waals surface area contributed by atoms with Gasteiger partial charge in [0.25, 0.3) is 0 Å². The largest absolute Gasteiger partial charge is 0.345 e. The highest BCUT2D eigenvalue weighted by Gasteiger charge is 1.90. The van der Waals surface area contributed by atoms with Crippen molar-refractivity contribution in [1.82, 2.24) is 9.97 Å². The van der Waals surface area contributed by atoms with Crippen molar-refractivity contribution in [3.05, 3.63) is 40.9 Å². The van der Waals surface area contributed by atoms with Gasteiger partial charge in [-0.25, -0.2) is 9.78 Å². The van der Waals surface area contributed by atoms with E-state index >= 15 is 0 Å². The molecular formula is C8H9N2OP. The molecule has 0 spiro atoms. The minimum Gasteiger partial charge on any atom is -0.305 e. The Bertz CT molecular complexity index is 438. The second kappa shape index (κ2) is 3.46. The molecule has 1 aromatic carbocycles. The van der Waals surface area contributed by atoms with Crippen LogP contribution in [0.2, 0.25) is 0 Å². The van der Waals surface area contributed by atoms with Crippen LogP contribution < -0.4 is 5.69 Å². The van der Waals surface area contributed by atoms with Crippen molar-refractivity contribution in [2.45, 2.75) is 0 Å². The van der Waals surface area contributed by atoms with Crippen LogP contribution in [0.1, 0.15) is 0 Å². The molecule has 12 heavy (non-hydrogen) atoms. The van der Waals surface area contributed by atoms with Crippen LogP contribution in [0.3, 0.4) is 0 Å². The van der Waals surface area contributed by atoms with Gasteiger partial charge < -0.3 is 4.98 Å². The normalized spacial score (nSPS) is 9.33. The predicted octanol–water partition coefficient (Wildman–Crippen LogP) is 0.981. The van der Waals surface area contributed by atoms with Gasteiger partial charge in [0.05, 0.1) is 5.52 Å². The summed E-state index contributed by atoms with van der Waals surface area (Å²) in [6.07, 6.45) is 1.56. The third-order valence-electron chi connectivity index (χ3n) is 1.52. The van der Waals surface area contributed by atoms with E-state index in [0.29, 0.717) is 0 Å². The number of aromatic amines is 1. The highest BCUT2D eigenvalue weighted by Crippen LogP contribution is 2.05. The molecule has 2 rings (SSSR count). The van der Waals surface area contributed by atoms with Crippen molar-refractivity contribution in [1.29, 1.82) is 0 Å². The van der Waals surface area contributed by atoms with E-state index in [1.165, 1.54) is 0 Å². The topological polar surface area (TPSA) is 45.8 Å². The fourth-order valence-electron chi connectivity index (χ4n) is 0.999. The lowest BCUT2D eigenvalue weighted by atomic mass is 10.2. The van der Waals surface area contributed by atoms with Gasteiger partial charge in [0.1, 0.15) is 0 Å². The zero-order chi connectivity index (χ0) is 7.68. The summed E-state index contributed by atoms with van der Waals surface area (Å²) in [4.78, 5) is 16.9. The van der Waals surface area contributed by atoms with E-state index in [1.807, 2.05) is 24.3 Å². The maximum Gasteiger partial charge on any atom is 0.345 e. The maximum atomic E-state index is 10.7. The summed E-state index contributed by atoms with van der Waals surface area (Å²) in [5, 5.41) is 0.951. The fraction of sp³-hybridized carbons (Fsp3) is 0. The Balaban J connectivity index is 0.000000720. The molecule has 1 N–H and O–H groups in total. The first-order valence-corrected chi connectivity index (χ1v) is 3.30. The second-order valence-electron chi connectivity index (χ2n) is 2.28. The summed E-state index contributed by atoms with van der Waals surface area (Å²) in [5.41, 5.74) is 0.524. The Labute approximate surface area is 72.5 Å². The highest BCUT2D eigenvalue weighted by molar-refractivity contribution is 6.92. The quantitative estimate of drug-likeness (QED) is 0.614. The van der Waals surface area contributed by atoms with E-state index in [9.17, 15) is 4.79 Å². The lowest BCUT2D eigenvalue weighted by Gasteiger charge is -1.92. The first-order valence-electron chi connectivity index (χ1n) is 3.30. The number of nitrogens with zero attached hydrogens (tertiary/aromatic N) is 1.